The highest BCUT2D eigenvalue weighted by Crippen LogP contribution is 2.41. The first-order valence-corrected chi connectivity index (χ1v) is 7.66. The zero-order chi connectivity index (χ0) is 15.0. The highest BCUT2D eigenvalue weighted by atomic mass is 35.5. The number of aliphatic hydroxyl groups is 1. The third-order valence-corrected chi connectivity index (χ3v) is 4.25. The molecule has 0 radical (unpaired) electrons. The lowest BCUT2D eigenvalue weighted by Crippen LogP contribution is -2.19. The molecule has 0 aliphatic carbocycles. The number of fused-ring (bicyclic) bond motifs is 1. The Balaban J connectivity index is 1.86. The average Bonchev–Trinajstić information content (AvgIpc) is 2.48. The van der Waals surface area contributed by atoms with Crippen molar-refractivity contribution in [1.82, 2.24) is 0 Å². The standard InChI is InChI=1S/C18H19ClO2/c1-11(2)12-3-5-13(6-4-12)18-10-16(20)15-9-14(19)7-8-17(15)21-18/h3-9,11,16,18,20H,10H2,1-2H3/t16-,18?/m1/s1. The van der Waals surface area contributed by atoms with E-state index in [4.69, 9.17) is 16.3 Å². The normalized spacial score (nSPS) is 21.0. The van der Waals surface area contributed by atoms with Gasteiger partial charge < -0.3 is 9.84 Å². The van der Waals surface area contributed by atoms with Gasteiger partial charge in [0, 0.05) is 17.0 Å². The van der Waals surface area contributed by atoms with Crippen LogP contribution in [0.3, 0.4) is 0 Å². The van der Waals surface area contributed by atoms with Crippen LogP contribution >= 0.6 is 11.6 Å². The van der Waals surface area contributed by atoms with Gasteiger partial charge in [0.25, 0.3) is 0 Å². The Morgan fingerprint density at radius 2 is 1.86 bits per heavy atom. The summed E-state index contributed by atoms with van der Waals surface area (Å²) in [7, 11) is 0. The molecular formula is C18H19ClO2. The molecule has 2 aromatic carbocycles. The van der Waals surface area contributed by atoms with Crippen molar-refractivity contribution in [2.24, 2.45) is 0 Å². The van der Waals surface area contributed by atoms with E-state index in [9.17, 15) is 5.11 Å². The molecule has 2 atom stereocenters. The molecule has 3 heteroatoms. The summed E-state index contributed by atoms with van der Waals surface area (Å²) in [5.74, 6) is 1.23. The summed E-state index contributed by atoms with van der Waals surface area (Å²) in [6.07, 6.45) is -0.105. The molecule has 1 N–H and O–H groups in total. The van der Waals surface area contributed by atoms with E-state index in [0.717, 1.165) is 16.9 Å². The minimum absolute atomic E-state index is 0.116. The van der Waals surface area contributed by atoms with Gasteiger partial charge in [-0.15, -0.1) is 0 Å². The van der Waals surface area contributed by atoms with Gasteiger partial charge in [-0.3, -0.25) is 0 Å². The first-order valence-electron chi connectivity index (χ1n) is 7.28. The number of halogens is 1. The highest BCUT2D eigenvalue weighted by molar-refractivity contribution is 6.30. The largest absolute Gasteiger partial charge is 0.485 e. The second-order valence-corrected chi connectivity index (χ2v) is 6.30. The fourth-order valence-corrected chi connectivity index (χ4v) is 2.90. The highest BCUT2D eigenvalue weighted by Gasteiger charge is 2.28. The Kier molecular flexibility index (Phi) is 3.92. The van der Waals surface area contributed by atoms with Crippen molar-refractivity contribution < 1.29 is 9.84 Å². The molecule has 3 rings (SSSR count). The van der Waals surface area contributed by atoms with Gasteiger partial charge in [0.05, 0.1) is 6.10 Å². The lowest BCUT2D eigenvalue weighted by atomic mass is 9.93. The molecule has 0 aromatic heterocycles. The first kappa shape index (κ1) is 14.4. The summed E-state index contributed by atoms with van der Waals surface area (Å²) < 4.78 is 6.03. The molecule has 1 unspecified atom stereocenters. The summed E-state index contributed by atoms with van der Waals surface area (Å²) in [5, 5.41) is 10.9. The van der Waals surface area contributed by atoms with Crippen LogP contribution in [0.4, 0.5) is 0 Å². The Bertz CT molecular complexity index is 634. The van der Waals surface area contributed by atoms with Crippen LogP contribution in [-0.2, 0) is 0 Å². The van der Waals surface area contributed by atoms with Crippen LogP contribution in [0.5, 0.6) is 5.75 Å². The minimum atomic E-state index is -0.540. The van der Waals surface area contributed by atoms with E-state index in [2.05, 4.69) is 38.1 Å². The number of ether oxygens (including phenoxy) is 1. The third-order valence-electron chi connectivity index (χ3n) is 4.01. The quantitative estimate of drug-likeness (QED) is 0.844. The Labute approximate surface area is 130 Å². The summed E-state index contributed by atoms with van der Waals surface area (Å²) in [4.78, 5) is 0. The van der Waals surface area contributed by atoms with Crippen molar-refractivity contribution in [1.29, 1.82) is 0 Å². The van der Waals surface area contributed by atoms with Crippen molar-refractivity contribution in [3.63, 3.8) is 0 Å². The van der Waals surface area contributed by atoms with E-state index in [1.807, 2.05) is 6.07 Å². The Hall–Kier alpha value is -1.51. The van der Waals surface area contributed by atoms with E-state index in [0.29, 0.717) is 17.4 Å². The van der Waals surface area contributed by atoms with Crippen LogP contribution in [-0.4, -0.2) is 5.11 Å². The minimum Gasteiger partial charge on any atom is -0.485 e. The second-order valence-electron chi connectivity index (χ2n) is 5.86. The van der Waals surface area contributed by atoms with Gasteiger partial charge in [0.15, 0.2) is 0 Å². The summed E-state index contributed by atoms with van der Waals surface area (Å²) in [6.45, 7) is 4.35. The zero-order valence-corrected chi connectivity index (χ0v) is 13.0. The lowest BCUT2D eigenvalue weighted by Gasteiger charge is -2.30. The van der Waals surface area contributed by atoms with Gasteiger partial charge in [-0.1, -0.05) is 49.7 Å². The van der Waals surface area contributed by atoms with Crippen LogP contribution in [0.2, 0.25) is 5.02 Å². The molecule has 0 spiro atoms. The van der Waals surface area contributed by atoms with Gasteiger partial charge in [-0.25, -0.2) is 0 Å². The van der Waals surface area contributed by atoms with Gasteiger partial charge in [0.2, 0.25) is 0 Å². The molecule has 0 saturated carbocycles. The molecule has 1 aliphatic heterocycles. The first-order chi connectivity index (χ1) is 10.0. The van der Waals surface area contributed by atoms with Crippen molar-refractivity contribution in [2.75, 3.05) is 0 Å². The summed E-state index contributed by atoms with van der Waals surface area (Å²) in [6, 6.07) is 13.8. The van der Waals surface area contributed by atoms with E-state index < -0.39 is 6.10 Å². The van der Waals surface area contributed by atoms with Gasteiger partial charge in [-0.2, -0.15) is 0 Å². The fraction of sp³-hybridized carbons (Fsp3) is 0.333. The number of benzene rings is 2. The molecular weight excluding hydrogens is 284 g/mol. The zero-order valence-electron chi connectivity index (χ0n) is 12.2. The maximum atomic E-state index is 10.3. The molecule has 110 valence electrons. The fourth-order valence-electron chi connectivity index (χ4n) is 2.72. The number of aliphatic hydroxyl groups excluding tert-OH is 1. The molecule has 2 nitrogen and oxygen atoms in total. The van der Waals surface area contributed by atoms with Gasteiger partial charge >= 0.3 is 0 Å². The maximum absolute atomic E-state index is 10.3. The van der Waals surface area contributed by atoms with Gasteiger partial charge in [0.1, 0.15) is 11.9 Å². The molecule has 1 heterocycles. The average molecular weight is 303 g/mol. The van der Waals surface area contributed by atoms with Crippen molar-refractivity contribution in [3.05, 3.63) is 64.2 Å². The Morgan fingerprint density at radius 1 is 1.14 bits per heavy atom. The van der Waals surface area contributed by atoms with Crippen LogP contribution in [0.1, 0.15) is 55.1 Å². The second kappa shape index (κ2) is 5.70. The number of hydrogen-bond donors (Lipinski definition) is 1. The van der Waals surface area contributed by atoms with Crippen molar-refractivity contribution in [2.45, 2.75) is 38.4 Å². The molecule has 0 fully saturated rings. The molecule has 0 bridgehead atoms. The van der Waals surface area contributed by atoms with Crippen LogP contribution in [0.15, 0.2) is 42.5 Å². The Morgan fingerprint density at radius 3 is 2.52 bits per heavy atom. The smallest absolute Gasteiger partial charge is 0.127 e. The van der Waals surface area contributed by atoms with Gasteiger partial charge in [-0.05, 0) is 35.2 Å². The van der Waals surface area contributed by atoms with Crippen LogP contribution in [0, 0.1) is 0 Å². The SMILES string of the molecule is CC(C)c1ccc(C2C[C@@H](O)c3cc(Cl)ccc3O2)cc1. The maximum Gasteiger partial charge on any atom is 0.127 e. The summed E-state index contributed by atoms with van der Waals surface area (Å²) >= 11 is 5.98. The summed E-state index contributed by atoms with van der Waals surface area (Å²) in [5.41, 5.74) is 3.18. The third kappa shape index (κ3) is 2.92. The topological polar surface area (TPSA) is 29.5 Å². The van der Waals surface area contributed by atoms with E-state index in [-0.39, 0.29) is 6.10 Å². The molecule has 2 aromatic rings. The molecule has 0 saturated heterocycles. The number of hydrogen-bond acceptors (Lipinski definition) is 2. The van der Waals surface area contributed by atoms with E-state index >= 15 is 0 Å². The van der Waals surface area contributed by atoms with E-state index in [1.54, 1.807) is 12.1 Å². The monoisotopic (exact) mass is 302 g/mol. The van der Waals surface area contributed by atoms with Crippen LogP contribution < -0.4 is 4.74 Å². The van der Waals surface area contributed by atoms with Crippen molar-refractivity contribution in [3.8, 4) is 5.75 Å². The van der Waals surface area contributed by atoms with Crippen LogP contribution in [0.25, 0.3) is 0 Å². The molecule has 21 heavy (non-hydrogen) atoms. The van der Waals surface area contributed by atoms with E-state index in [1.165, 1.54) is 5.56 Å². The predicted octanol–water partition coefficient (Wildman–Crippen LogP) is 5.02. The molecule has 1 aliphatic rings. The number of rotatable bonds is 2. The molecule has 0 amide bonds. The van der Waals surface area contributed by atoms with Crippen molar-refractivity contribution >= 4 is 11.6 Å². The predicted molar refractivity (Wildman–Crippen MR) is 84.9 cm³/mol. The lowest BCUT2D eigenvalue weighted by molar-refractivity contribution is 0.0657.